The first-order valence-corrected chi connectivity index (χ1v) is 7.98. The molecule has 0 atom stereocenters. The summed E-state index contributed by atoms with van der Waals surface area (Å²) in [4.78, 5) is 23.0. The van der Waals surface area contributed by atoms with Gasteiger partial charge in [0.25, 0.3) is 11.8 Å². The number of aromatic nitrogens is 2. The highest BCUT2D eigenvalue weighted by Crippen LogP contribution is 2.39. The lowest BCUT2D eigenvalue weighted by molar-refractivity contribution is -0.119. The number of hydrogen-bond donors (Lipinski definition) is 3. The molecule has 1 aromatic heterocycles. The van der Waals surface area contributed by atoms with Crippen LogP contribution in [0.25, 0.3) is 0 Å². The van der Waals surface area contributed by atoms with Crippen molar-refractivity contribution in [3.05, 3.63) is 41.2 Å². The molecule has 1 aliphatic rings. The molecule has 1 aliphatic carbocycles. The van der Waals surface area contributed by atoms with E-state index in [0.717, 1.165) is 24.1 Å². The smallest absolute Gasteiger partial charge is 0.272 e. The molecule has 0 unspecified atom stereocenters. The summed E-state index contributed by atoms with van der Waals surface area (Å²) in [6, 6.07) is 6.98. The molecular weight excluding hydrogens is 324 g/mol. The number of nitrogens with zero attached hydrogens (tertiary/aromatic N) is 1. The molecule has 132 valence electrons. The Kier molecular flexibility index (Phi) is 4.87. The maximum atomic E-state index is 12.2. The van der Waals surface area contributed by atoms with Crippen molar-refractivity contribution in [1.29, 1.82) is 0 Å². The van der Waals surface area contributed by atoms with E-state index >= 15 is 0 Å². The zero-order valence-corrected chi connectivity index (χ0v) is 13.9. The second-order valence-electron chi connectivity index (χ2n) is 5.91. The number of H-pyrrole nitrogens is 1. The van der Waals surface area contributed by atoms with E-state index in [9.17, 15) is 9.59 Å². The van der Waals surface area contributed by atoms with Crippen LogP contribution in [0.3, 0.4) is 0 Å². The summed E-state index contributed by atoms with van der Waals surface area (Å²) in [5.74, 6) is 0.590. The largest absolute Gasteiger partial charge is 0.493 e. The van der Waals surface area contributed by atoms with Gasteiger partial charge in [0.1, 0.15) is 5.69 Å². The molecule has 8 nitrogen and oxygen atoms in total. The highest BCUT2D eigenvalue weighted by molar-refractivity contribution is 5.92. The van der Waals surface area contributed by atoms with Crippen LogP contribution >= 0.6 is 0 Å². The highest BCUT2D eigenvalue weighted by atomic mass is 16.5. The van der Waals surface area contributed by atoms with E-state index < -0.39 is 5.91 Å². The molecule has 0 bridgehead atoms. The van der Waals surface area contributed by atoms with Crippen molar-refractivity contribution < 1.29 is 19.1 Å². The number of amides is 2. The van der Waals surface area contributed by atoms with Crippen LogP contribution < -0.4 is 20.5 Å². The molecular formula is C17H20N4O4. The summed E-state index contributed by atoms with van der Waals surface area (Å²) in [5, 5.41) is 9.78. The molecule has 1 fully saturated rings. The number of rotatable bonds is 8. The Hall–Kier alpha value is -3.03. The zero-order valence-electron chi connectivity index (χ0n) is 13.9. The van der Waals surface area contributed by atoms with E-state index in [-0.39, 0.29) is 12.5 Å². The Morgan fingerprint density at radius 1 is 1.32 bits per heavy atom. The van der Waals surface area contributed by atoms with E-state index in [1.165, 1.54) is 7.11 Å². The van der Waals surface area contributed by atoms with Crippen molar-refractivity contribution >= 4 is 11.8 Å². The van der Waals surface area contributed by atoms with Gasteiger partial charge in [0.05, 0.1) is 7.11 Å². The van der Waals surface area contributed by atoms with Crippen molar-refractivity contribution in [2.24, 2.45) is 5.73 Å². The number of ether oxygens (including phenoxy) is 2. The molecule has 4 N–H and O–H groups in total. The SMILES string of the molecule is COc1cc(CNC(=O)c2cc(C3CC3)[nH]n2)ccc1OCC(N)=O. The van der Waals surface area contributed by atoms with E-state index in [4.69, 9.17) is 15.2 Å². The molecule has 1 saturated carbocycles. The Morgan fingerprint density at radius 2 is 2.12 bits per heavy atom. The second kappa shape index (κ2) is 7.25. The van der Waals surface area contributed by atoms with Crippen LogP contribution in [0.1, 0.15) is 40.5 Å². The molecule has 1 aromatic carbocycles. The van der Waals surface area contributed by atoms with Crippen LogP contribution in [-0.2, 0) is 11.3 Å². The molecule has 0 saturated heterocycles. The molecule has 0 spiro atoms. The number of primary amides is 1. The zero-order chi connectivity index (χ0) is 17.8. The van der Waals surface area contributed by atoms with Gasteiger partial charge in [0.2, 0.25) is 0 Å². The molecule has 2 aromatic rings. The fourth-order valence-corrected chi connectivity index (χ4v) is 2.42. The van der Waals surface area contributed by atoms with E-state index in [2.05, 4.69) is 15.5 Å². The molecule has 25 heavy (non-hydrogen) atoms. The summed E-state index contributed by atoms with van der Waals surface area (Å²) >= 11 is 0. The summed E-state index contributed by atoms with van der Waals surface area (Å²) in [5.41, 5.74) is 7.29. The van der Waals surface area contributed by atoms with Gasteiger partial charge in [-0.05, 0) is 36.6 Å². The minimum Gasteiger partial charge on any atom is -0.493 e. The van der Waals surface area contributed by atoms with Crippen molar-refractivity contribution in [3.63, 3.8) is 0 Å². The van der Waals surface area contributed by atoms with Crippen LogP contribution in [0.15, 0.2) is 24.3 Å². The molecule has 8 heteroatoms. The monoisotopic (exact) mass is 344 g/mol. The summed E-state index contributed by atoms with van der Waals surface area (Å²) in [6.45, 7) is 0.0891. The number of nitrogens with one attached hydrogen (secondary N) is 2. The van der Waals surface area contributed by atoms with Crippen molar-refractivity contribution in [3.8, 4) is 11.5 Å². The fraction of sp³-hybridized carbons (Fsp3) is 0.353. The summed E-state index contributed by atoms with van der Waals surface area (Å²) in [7, 11) is 1.50. The van der Waals surface area contributed by atoms with Crippen LogP contribution in [0.4, 0.5) is 0 Å². The number of nitrogens with two attached hydrogens (primary N) is 1. The maximum Gasteiger partial charge on any atom is 0.272 e. The standard InChI is InChI=1S/C17H20N4O4/c1-24-15-6-10(2-5-14(15)25-9-16(18)22)8-19-17(23)13-7-12(20-21-13)11-3-4-11/h2,5-7,11H,3-4,8-9H2,1H3,(H2,18,22)(H,19,23)(H,20,21). The first-order valence-electron chi connectivity index (χ1n) is 7.98. The molecule has 2 amide bonds. The average Bonchev–Trinajstić information content (AvgIpc) is 3.34. The lowest BCUT2D eigenvalue weighted by atomic mass is 10.2. The average molecular weight is 344 g/mol. The lowest BCUT2D eigenvalue weighted by Gasteiger charge is -2.11. The number of aromatic amines is 1. The first kappa shape index (κ1) is 16.8. The summed E-state index contributed by atoms with van der Waals surface area (Å²) < 4.78 is 10.5. The van der Waals surface area contributed by atoms with Gasteiger partial charge in [-0.1, -0.05) is 6.07 Å². The van der Waals surface area contributed by atoms with Gasteiger partial charge in [-0.3, -0.25) is 14.7 Å². The van der Waals surface area contributed by atoms with Crippen LogP contribution in [-0.4, -0.2) is 35.7 Å². The quantitative estimate of drug-likeness (QED) is 0.662. The second-order valence-corrected chi connectivity index (χ2v) is 5.91. The number of methoxy groups -OCH3 is 1. The van der Waals surface area contributed by atoms with E-state index in [0.29, 0.717) is 29.7 Å². The Bertz CT molecular complexity index is 783. The Balaban J connectivity index is 1.59. The molecule has 3 rings (SSSR count). The number of carbonyl (C=O) groups is 2. The van der Waals surface area contributed by atoms with Crippen LogP contribution in [0.2, 0.25) is 0 Å². The van der Waals surface area contributed by atoms with Gasteiger partial charge in [0.15, 0.2) is 18.1 Å². The predicted octanol–water partition coefficient (Wildman–Crippen LogP) is 1.09. The topological polar surface area (TPSA) is 119 Å². The van der Waals surface area contributed by atoms with E-state index in [1.54, 1.807) is 24.3 Å². The van der Waals surface area contributed by atoms with Crippen molar-refractivity contribution in [2.45, 2.75) is 25.3 Å². The Labute approximate surface area is 144 Å². The first-order chi connectivity index (χ1) is 12.1. The van der Waals surface area contributed by atoms with Gasteiger partial charge in [-0.15, -0.1) is 0 Å². The normalized spacial score (nSPS) is 13.3. The maximum absolute atomic E-state index is 12.2. The summed E-state index contributed by atoms with van der Waals surface area (Å²) in [6.07, 6.45) is 2.29. The molecule has 0 aliphatic heterocycles. The third-order valence-corrected chi connectivity index (χ3v) is 3.90. The number of hydrogen-bond acceptors (Lipinski definition) is 5. The minimum atomic E-state index is -0.567. The van der Waals surface area contributed by atoms with Crippen LogP contribution in [0.5, 0.6) is 11.5 Å². The number of carbonyl (C=O) groups excluding carboxylic acids is 2. The third-order valence-electron chi connectivity index (χ3n) is 3.90. The van der Waals surface area contributed by atoms with Gasteiger partial charge in [0, 0.05) is 18.2 Å². The lowest BCUT2D eigenvalue weighted by Crippen LogP contribution is -2.23. The minimum absolute atomic E-state index is 0.227. The molecule has 1 heterocycles. The third kappa shape index (κ3) is 4.28. The molecule has 0 radical (unpaired) electrons. The van der Waals surface area contributed by atoms with Gasteiger partial charge >= 0.3 is 0 Å². The van der Waals surface area contributed by atoms with Gasteiger partial charge in [-0.25, -0.2) is 0 Å². The predicted molar refractivity (Wildman–Crippen MR) is 89.4 cm³/mol. The Morgan fingerprint density at radius 3 is 2.80 bits per heavy atom. The highest BCUT2D eigenvalue weighted by Gasteiger charge is 2.26. The van der Waals surface area contributed by atoms with E-state index in [1.807, 2.05) is 0 Å². The van der Waals surface area contributed by atoms with Crippen molar-refractivity contribution in [1.82, 2.24) is 15.5 Å². The number of benzene rings is 1. The van der Waals surface area contributed by atoms with Crippen molar-refractivity contribution in [2.75, 3.05) is 13.7 Å². The fourth-order valence-electron chi connectivity index (χ4n) is 2.42. The van der Waals surface area contributed by atoms with Gasteiger partial charge < -0.3 is 20.5 Å². The van der Waals surface area contributed by atoms with Crippen LogP contribution in [0, 0.1) is 0 Å². The van der Waals surface area contributed by atoms with Gasteiger partial charge in [-0.2, -0.15) is 5.10 Å².